The lowest BCUT2D eigenvalue weighted by molar-refractivity contribution is 0.0881. The van der Waals surface area contributed by atoms with Gasteiger partial charge in [-0.3, -0.25) is 4.98 Å². The Hall–Kier alpha value is -1.36. The number of nitrogens with one attached hydrogen (secondary N) is 1. The highest BCUT2D eigenvalue weighted by atomic mass is 15.2. The first-order valence-corrected chi connectivity index (χ1v) is 7.01. The van der Waals surface area contributed by atoms with Crippen LogP contribution in [-0.4, -0.2) is 41.0 Å². The zero-order chi connectivity index (χ0) is 13.9. The molecule has 0 spiro atoms. The minimum Gasteiger partial charge on any atom is -0.382 e. The van der Waals surface area contributed by atoms with Gasteiger partial charge in [0.25, 0.3) is 0 Å². The molecule has 2 rings (SSSR count). The third-order valence-corrected chi connectivity index (χ3v) is 4.27. The van der Waals surface area contributed by atoms with Gasteiger partial charge in [0.15, 0.2) is 0 Å². The number of aromatic nitrogens is 2. The molecule has 0 bridgehead atoms. The van der Waals surface area contributed by atoms with Crippen LogP contribution in [-0.2, 0) is 0 Å². The summed E-state index contributed by atoms with van der Waals surface area (Å²) in [6, 6.07) is 0. The average molecular weight is 263 g/mol. The molecule has 1 aromatic rings. The van der Waals surface area contributed by atoms with Crippen molar-refractivity contribution < 1.29 is 0 Å². The van der Waals surface area contributed by atoms with E-state index in [0.717, 1.165) is 18.3 Å². The first-order chi connectivity index (χ1) is 9.02. The van der Waals surface area contributed by atoms with Crippen molar-refractivity contribution in [1.82, 2.24) is 14.9 Å². The van der Waals surface area contributed by atoms with Gasteiger partial charge < -0.3 is 16.0 Å². The Kier molecular flexibility index (Phi) is 4.24. The van der Waals surface area contributed by atoms with Crippen molar-refractivity contribution in [2.45, 2.75) is 38.1 Å². The van der Waals surface area contributed by atoms with Crippen LogP contribution in [0.4, 0.5) is 11.6 Å². The molecule has 1 aromatic heterocycles. The van der Waals surface area contributed by atoms with Gasteiger partial charge in [-0.1, -0.05) is 19.8 Å². The summed E-state index contributed by atoms with van der Waals surface area (Å²) >= 11 is 0. The van der Waals surface area contributed by atoms with Gasteiger partial charge >= 0.3 is 0 Å². The van der Waals surface area contributed by atoms with Crippen molar-refractivity contribution in [2.24, 2.45) is 5.92 Å². The fourth-order valence-corrected chi connectivity index (χ4v) is 3.08. The van der Waals surface area contributed by atoms with Crippen molar-refractivity contribution in [3.8, 4) is 0 Å². The van der Waals surface area contributed by atoms with E-state index in [0.29, 0.717) is 5.82 Å². The number of nitrogen functional groups attached to an aromatic ring is 1. The van der Waals surface area contributed by atoms with Gasteiger partial charge in [-0.05, 0) is 32.9 Å². The van der Waals surface area contributed by atoms with Crippen LogP contribution in [0.2, 0.25) is 0 Å². The molecule has 0 radical (unpaired) electrons. The van der Waals surface area contributed by atoms with Crippen LogP contribution in [0.25, 0.3) is 0 Å². The quantitative estimate of drug-likeness (QED) is 0.869. The fourth-order valence-electron chi connectivity index (χ4n) is 3.08. The van der Waals surface area contributed by atoms with E-state index >= 15 is 0 Å². The lowest BCUT2D eigenvalue weighted by Crippen LogP contribution is -2.52. The van der Waals surface area contributed by atoms with Crippen LogP contribution >= 0.6 is 0 Å². The second-order valence-corrected chi connectivity index (χ2v) is 6.00. The Balaban J connectivity index is 2.05. The summed E-state index contributed by atoms with van der Waals surface area (Å²) in [7, 11) is 4.34. The second-order valence-electron chi connectivity index (χ2n) is 6.00. The Labute approximate surface area is 115 Å². The lowest BCUT2D eigenvalue weighted by atomic mass is 9.75. The molecular formula is C14H25N5. The van der Waals surface area contributed by atoms with Crippen LogP contribution in [0.3, 0.4) is 0 Å². The van der Waals surface area contributed by atoms with E-state index in [1.165, 1.54) is 25.7 Å². The van der Waals surface area contributed by atoms with E-state index in [1.807, 2.05) is 0 Å². The van der Waals surface area contributed by atoms with E-state index in [-0.39, 0.29) is 5.54 Å². The number of rotatable bonds is 4. The number of anilines is 2. The maximum atomic E-state index is 5.66. The third kappa shape index (κ3) is 3.35. The topological polar surface area (TPSA) is 67.1 Å². The summed E-state index contributed by atoms with van der Waals surface area (Å²) in [4.78, 5) is 10.7. The zero-order valence-electron chi connectivity index (χ0n) is 12.2. The molecule has 0 aliphatic heterocycles. The van der Waals surface area contributed by atoms with Crippen molar-refractivity contribution in [3.63, 3.8) is 0 Å². The zero-order valence-corrected chi connectivity index (χ0v) is 12.2. The van der Waals surface area contributed by atoms with Gasteiger partial charge in [-0.2, -0.15) is 0 Å². The maximum Gasteiger partial charge on any atom is 0.147 e. The van der Waals surface area contributed by atoms with Crippen LogP contribution < -0.4 is 11.1 Å². The SMILES string of the molecule is CC1CCCC(CNc2cncc(N)n2)(N(C)C)C1. The molecule has 1 aliphatic carbocycles. The summed E-state index contributed by atoms with van der Waals surface area (Å²) in [5.74, 6) is 2.00. The van der Waals surface area contributed by atoms with Crippen molar-refractivity contribution >= 4 is 11.6 Å². The fraction of sp³-hybridized carbons (Fsp3) is 0.714. The number of hydrogen-bond acceptors (Lipinski definition) is 5. The highest BCUT2D eigenvalue weighted by Crippen LogP contribution is 2.35. The molecule has 5 nitrogen and oxygen atoms in total. The third-order valence-electron chi connectivity index (χ3n) is 4.27. The standard InChI is InChI=1S/C14H25N5/c1-11-5-4-6-14(7-11,19(2)3)10-17-13-9-16-8-12(15)18-13/h8-9,11H,4-7,10H2,1-3H3,(H3,15,17,18). The number of likely N-dealkylation sites (N-methyl/N-ethyl adjacent to an activating group) is 1. The minimum absolute atomic E-state index is 0.212. The molecule has 0 saturated heterocycles. The van der Waals surface area contributed by atoms with Crippen molar-refractivity contribution in [2.75, 3.05) is 31.7 Å². The molecular weight excluding hydrogens is 238 g/mol. The summed E-state index contributed by atoms with van der Waals surface area (Å²) in [6.45, 7) is 3.24. The Bertz CT molecular complexity index is 420. The molecule has 0 aromatic carbocycles. The normalized spacial score (nSPS) is 27.5. The molecule has 106 valence electrons. The smallest absolute Gasteiger partial charge is 0.147 e. The lowest BCUT2D eigenvalue weighted by Gasteiger charge is -2.45. The summed E-state index contributed by atoms with van der Waals surface area (Å²) in [6.07, 6.45) is 8.38. The molecule has 2 unspecified atom stereocenters. The van der Waals surface area contributed by atoms with E-state index in [4.69, 9.17) is 5.73 Å². The number of hydrogen-bond donors (Lipinski definition) is 2. The molecule has 1 aliphatic rings. The van der Waals surface area contributed by atoms with Gasteiger partial charge in [-0.15, -0.1) is 0 Å². The molecule has 2 atom stereocenters. The van der Waals surface area contributed by atoms with E-state index in [2.05, 4.69) is 41.2 Å². The number of nitrogens with zero attached hydrogens (tertiary/aromatic N) is 3. The van der Waals surface area contributed by atoms with Crippen molar-refractivity contribution in [1.29, 1.82) is 0 Å². The number of nitrogens with two attached hydrogens (primary N) is 1. The van der Waals surface area contributed by atoms with Crippen LogP contribution in [0.5, 0.6) is 0 Å². The summed E-state index contributed by atoms with van der Waals surface area (Å²) in [5.41, 5.74) is 5.87. The largest absolute Gasteiger partial charge is 0.382 e. The van der Waals surface area contributed by atoms with E-state index < -0.39 is 0 Å². The first kappa shape index (κ1) is 14.1. The molecule has 5 heteroatoms. The van der Waals surface area contributed by atoms with Crippen molar-refractivity contribution in [3.05, 3.63) is 12.4 Å². The maximum absolute atomic E-state index is 5.66. The summed E-state index contributed by atoms with van der Waals surface area (Å²) < 4.78 is 0. The Morgan fingerprint density at radius 3 is 2.89 bits per heavy atom. The van der Waals surface area contributed by atoms with Crippen LogP contribution in [0, 0.1) is 5.92 Å². The molecule has 1 fully saturated rings. The minimum atomic E-state index is 0.212. The Morgan fingerprint density at radius 1 is 1.47 bits per heavy atom. The highest BCUT2D eigenvalue weighted by molar-refractivity contribution is 5.38. The molecule has 1 saturated carbocycles. The second kappa shape index (κ2) is 5.74. The van der Waals surface area contributed by atoms with Crippen LogP contribution in [0.1, 0.15) is 32.6 Å². The monoisotopic (exact) mass is 263 g/mol. The summed E-state index contributed by atoms with van der Waals surface area (Å²) in [5, 5.41) is 3.40. The average Bonchev–Trinajstić information content (AvgIpc) is 2.36. The van der Waals surface area contributed by atoms with Crippen LogP contribution in [0.15, 0.2) is 12.4 Å². The molecule has 19 heavy (non-hydrogen) atoms. The van der Waals surface area contributed by atoms with Gasteiger partial charge in [0, 0.05) is 12.1 Å². The predicted molar refractivity (Wildman–Crippen MR) is 79.0 cm³/mol. The highest BCUT2D eigenvalue weighted by Gasteiger charge is 2.36. The van der Waals surface area contributed by atoms with E-state index in [1.54, 1.807) is 12.4 Å². The predicted octanol–water partition coefficient (Wildman–Crippen LogP) is 1.98. The molecule has 3 N–H and O–H groups in total. The van der Waals surface area contributed by atoms with E-state index in [9.17, 15) is 0 Å². The van der Waals surface area contributed by atoms with Gasteiger partial charge in [0.2, 0.25) is 0 Å². The first-order valence-electron chi connectivity index (χ1n) is 7.01. The Morgan fingerprint density at radius 2 is 2.26 bits per heavy atom. The van der Waals surface area contributed by atoms with Gasteiger partial charge in [0.1, 0.15) is 11.6 Å². The molecule has 0 amide bonds. The van der Waals surface area contributed by atoms with Gasteiger partial charge in [-0.25, -0.2) is 4.98 Å². The molecule has 1 heterocycles. The van der Waals surface area contributed by atoms with Gasteiger partial charge in [0.05, 0.1) is 12.4 Å².